The fourth-order valence-electron chi connectivity index (χ4n) is 1.60. The Balaban J connectivity index is 0. The molecule has 6 heteroatoms. The normalized spacial score (nSPS) is 11.1. The average Bonchev–Trinajstić information content (AvgIpc) is 2.41. The van der Waals surface area contributed by atoms with Crippen molar-refractivity contribution in [2.75, 3.05) is 13.2 Å². The minimum absolute atomic E-state index is 0.160. The van der Waals surface area contributed by atoms with Crippen LogP contribution in [0.1, 0.15) is 65.7 Å². The van der Waals surface area contributed by atoms with Gasteiger partial charge in [0.2, 0.25) is 0 Å². The number of carbonyl (C=O) groups is 3. The first-order valence-corrected chi connectivity index (χ1v) is 7.75. The Labute approximate surface area is 132 Å². The number of rotatable bonds is 11. The number of unbranched alkanes of at least 4 members (excludes halogenated alkanes) is 2. The topological polar surface area (TPSA) is 101 Å². The number of aliphatic hydroxyl groups excluding tert-OH is 1. The van der Waals surface area contributed by atoms with Crippen LogP contribution in [0.25, 0.3) is 0 Å². The number of carboxylic acids is 1. The Bertz CT molecular complexity index is 310. The van der Waals surface area contributed by atoms with Crippen molar-refractivity contribution in [2.45, 2.75) is 65.7 Å². The van der Waals surface area contributed by atoms with E-state index in [1.807, 2.05) is 0 Å². The van der Waals surface area contributed by atoms with Crippen LogP contribution in [0.5, 0.6) is 0 Å². The Hall–Kier alpha value is -1.43. The molecule has 2 N–H and O–H groups in total. The summed E-state index contributed by atoms with van der Waals surface area (Å²) in [6, 6.07) is 0. The van der Waals surface area contributed by atoms with Crippen LogP contribution in [0.15, 0.2) is 0 Å². The molecule has 0 fully saturated rings. The van der Waals surface area contributed by atoms with E-state index in [1.165, 1.54) is 0 Å². The third kappa shape index (κ3) is 23.6. The van der Waals surface area contributed by atoms with Gasteiger partial charge in [-0.1, -0.05) is 13.3 Å². The van der Waals surface area contributed by atoms with E-state index in [1.54, 1.807) is 6.92 Å². The van der Waals surface area contributed by atoms with Crippen molar-refractivity contribution in [1.29, 1.82) is 0 Å². The van der Waals surface area contributed by atoms with E-state index >= 15 is 0 Å². The van der Waals surface area contributed by atoms with Gasteiger partial charge in [0.15, 0.2) is 0 Å². The molecule has 130 valence electrons. The number of ketones is 1. The molecule has 1 unspecified atom stereocenters. The Morgan fingerprint density at radius 2 is 1.59 bits per heavy atom. The first-order chi connectivity index (χ1) is 10.3. The lowest BCUT2D eigenvalue weighted by Crippen LogP contribution is -2.09. The summed E-state index contributed by atoms with van der Waals surface area (Å²) in [7, 11) is 0. The second-order valence-corrected chi connectivity index (χ2v) is 5.41. The highest BCUT2D eigenvalue weighted by molar-refractivity contribution is 5.75. The molecule has 0 saturated heterocycles. The van der Waals surface area contributed by atoms with Crippen molar-refractivity contribution in [3.63, 3.8) is 0 Å². The van der Waals surface area contributed by atoms with Crippen LogP contribution in [0.4, 0.5) is 0 Å². The number of hydrogen-bond donors (Lipinski definition) is 2. The number of carbonyl (C=O) groups excluding carboxylic acids is 2. The largest absolute Gasteiger partial charge is 0.481 e. The van der Waals surface area contributed by atoms with E-state index in [0.29, 0.717) is 25.4 Å². The van der Waals surface area contributed by atoms with E-state index in [-0.39, 0.29) is 18.4 Å². The van der Waals surface area contributed by atoms with Gasteiger partial charge in [-0.2, -0.15) is 0 Å². The van der Waals surface area contributed by atoms with Crippen molar-refractivity contribution >= 4 is 17.7 Å². The maximum atomic E-state index is 11.3. The van der Waals surface area contributed by atoms with Crippen LogP contribution in [-0.4, -0.2) is 41.1 Å². The SMILES string of the molecule is CC(=O)CCC(C)CCOC(=O)CCCCCO.CC(=O)O. The summed E-state index contributed by atoms with van der Waals surface area (Å²) in [6.45, 7) is 5.37. The lowest BCUT2D eigenvalue weighted by molar-refractivity contribution is -0.144. The molecule has 0 aromatic carbocycles. The van der Waals surface area contributed by atoms with Gasteiger partial charge >= 0.3 is 5.97 Å². The molecule has 0 aromatic heterocycles. The van der Waals surface area contributed by atoms with E-state index in [2.05, 4.69) is 6.92 Å². The summed E-state index contributed by atoms with van der Waals surface area (Å²) in [5.41, 5.74) is 0. The van der Waals surface area contributed by atoms with Gasteiger partial charge in [0.1, 0.15) is 5.78 Å². The molecule has 0 saturated carbocycles. The molecule has 0 radical (unpaired) electrons. The summed E-state index contributed by atoms with van der Waals surface area (Å²) in [5.74, 6) is -0.370. The summed E-state index contributed by atoms with van der Waals surface area (Å²) >= 11 is 0. The molecule has 0 aromatic rings. The maximum absolute atomic E-state index is 11.3. The molecule has 0 bridgehead atoms. The lowest BCUT2D eigenvalue weighted by Gasteiger charge is -2.10. The first-order valence-electron chi connectivity index (χ1n) is 7.75. The zero-order valence-corrected chi connectivity index (χ0v) is 14.0. The van der Waals surface area contributed by atoms with Crippen molar-refractivity contribution in [2.24, 2.45) is 5.92 Å². The number of Topliss-reactive ketones (excluding diaryl/α,β-unsaturated/α-hetero) is 1. The highest BCUT2D eigenvalue weighted by Gasteiger charge is 2.06. The number of aliphatic hydroxyl groups is 1. The van der Waals surface area contributed by atoms with Crippen LogP contribution in [0.2, 0.25) is 0 Å². The van der Waals surface area contributed by atoms with Crippen LogP contribution in [-0.2, 0) is 19.1 Å². The Morgan fingerprint density at radius 1 is 1.00 bits per heavy atom. The molecule has 0 heterocycles. The second-order valence-electron chi connectivity index (χ2n) is 5.41. The number of hydrogen-bond acceptors (Lipinski definition) is 5. The monoisotopic (exact) mass is 318 g/mol. The summed E-state index contributed by atoms with van der Waals surface area (Å²) in [6.07, 6.45) is 5.10. The molecule has 0 aliphatic heterocycles. The zero-order valence-electron chi connectivity index (χ0n) is 14.0. The van der Waals surface area contributed by atoms with Gasteiger partial charge in [-0.05, 0) is 38.5 Å². The Morgan fingerprint density at radius 3 is 2.09 bits per heavy atom. The zero-order chi connectivity index (χ0) is 17.4. The highest BCUT2D eigenvalue weighted by atomic mass is 16.5. The third-order valence-electron chi connectivity index (χ3n) is 2.90. The van der Waals surface area contributed by atoms with Crippen molar-refractivity contribution < 1.29 is 29.3 Å². The van der Waals surface area contributed by atoms with Gasteiger partial charge in [0, 0.05) is 26.4 Å². The second kappa shape index (κ2) is 15.9. The van der Waals surface area contributed by atoms with Crippen LogP contribution >= 0.6 is 0 Å². The third-order valence-corrected chi connectivity index (χ3v) is 2.90. The molecule has 0 rings (SSSR count). The average molecular weight is 318 g/mol. The molecule has 0 amide bonds. The minimum Gasteiger partial charge on any atom is -0.481 e. The molecule has 1 atom stereocenters. The summed E-state index contributed by atoms with van der Waals surface area (Å²) in [5, 5.41) is 16.0. The van der Waals surface area contributed by atoms with Gasteiger partial charge < -0.3 is 19.7 Å². The highest BCUT2D eigenvalue weighted by Crippen LogP contribution is 2.11. The number of ether oxygens (including phenoxy) is 1. The molecule has 0 aliphatic carbocycles. The molecular formula is C16H30O6. The first kappa shape index (κ1) is 22.8. The molecule has 0 aliphatic rings. The molecular weight excluding hydrogens is 288 g/mol. The van der Waals surface area contributed by atoms with Gasteiger partial charge in [-0.3, -0.25) is 9.59 Å². The van der Waals surface area contributed by atoms with Crippen molar-refractivity contribution in [1.82, 2.24) is 0 Å². The predicted molar refractivity (Wildman–Crippen MR) is 83.5 cm³/mol. The summed E-state index contributed by atoms with van der Waals surface area (Å²) < 4.78 is 5.11. The van der Waals surface area contributed by atoms with Gasteiger partial charge in [-0.25, -0.2) is 0 Å². The lowest BCUT2D eigenvalue weighted by atomic mass is 10.0. The predicted octanol–water partition coefficient (Wildman–Crippen LogP) is 2.57. The number of esters is 1. The van der Waals surface area contributed by atoms with E-state index < -0.39 is 5.97 Å². The van der Waals surface area contributed by atoms with E-state index in [0.717, 1.165) is 39.0 Å². The molecule has 22 heavy (non-hydrogen) atoms. The van der Waals surface area contributed by atoms with Crippen molar-refractivity contribution in [3.05, 3.63) is 0 Å². The quantitative estimate of drug-likeness (QED) is 0.448. The van der Waals surface area contributed by atoms with Crippen LogP contribution < -0.4 is 0 Å². The Kier molecular flexibility index (Phi) is 16.6. The van der Waals surface area contributed by atoms with E-state index in [4.69, 9.17) is 19.7 Å². The maximum Gasteiger partial charge on any atom is 0.305 e. The minimum atomic E-state index is -0.833. The summed E-state index contributed by atoms with van der Waals surface area (Å²) in [4.78, 5) is 31.1. The fraction of sp³-hybridized carbons (Fsp3) is 0.812. The van der Waals surface area contributed by atoms with Crippen molar-refractivity contribution in [3.8, 4) is 0 Å². The standard InChI is InChI=1S/C14H26O4.C2H4O2/c1-12(7-8-13(2)16)9-11-18-14(17)6-4-3-5-10-15;1-2(3)4/h12,15H,3-11H2,1-2H3;1H3,(H,3,4). The van der Waals surface area contributed by atoms with Crippen LogP contribution in [0.3, 0.4) is 0 Å². The van der Waals surface area contributed by atoms with Gasteiger partial charge in [-0.15, -0.1) is 0 Å². The number of aliphatic carboxylic acids is 1. The molecule has 0 spiro atoms. The molecule has 6 nitrogen and oxygen atoms in total. The van der Waals surface area contributed by atoms with Gasteiger partial charge in [0.05, 0.1) is 6.61 Å². The fourth-order valence-corrected chi connectivity index (χ4v) is 1.60. The van der Waals surface area contributed by atoms with Crippen LogP contribution in [0, 0.1) is 5.92 Å². The van der Waals surface area contributed by atoms with E-state index in [9.17, 15) is 9.59 Å². The smallest absolute Gasteiger partial charge is 0.305 e. The number of carboxylic acid groups (broad SMARTS) is 1. The van der Waals surface area contributed by atoms with Gasteiger partial charge in [0.25, 0.3) is 5.97 Å².